The first-order valence-corrected chi connectivity index (χ1v) is 7.63. The molecule has 2 unspecified atom stereocenters. The first-order valence-electron chi connectivity index (χ1n) is 6.75. The zero-order valence-corrected chi connectivity index (χ0v) is 11.2. The van der Waals surface area contributed by atoms with Crippen molar-refractivity contribution in [2.75, 3.05) is 19.6 Å². The Morgan fingerprint density at radius 2 is 2.44 bits per heavy atom. The van der Waals surface area contributed by atoms with Crippen LogP contribution >= 0.6 is 11.3 Å². The summed E-state index contributed by atoms with van der Waals surface area (Å²) in [6.07, 6.45) is 6.99. The average molecular weight is 262 g/mol. The number of nitrogens with one attached hydrogen (secondary N) is 1. The lowest BCUT2D eigenvalue weighted by molar-refractivity contribution is 0.310. The normalized spacial score (nSPS) is 28.9. The maximum atomic E-state index is 4.67. The van der Waals surface area contributed by atoms with Gasteiger partial charge in [-0.1, -0.05) is 0 Å². The topological polar surface area (TPSA) is 32.6 Å². The Kier molecular flexibility index (Phi) is 2.64. The van der Waals surface area contributed by atoms with Crippen LogP contribution < -0.4 is 5.32 Å². The molecule has 4 rings (SSSR count). The molecule has 0 spiro atoms. The molecule has 2 atom stereocenters. The lowest BCUT2D eigenvalue weighted by Gasteiger charge is -2.24. The molecule has 0 bridgehead atoms. The number of piperidine rings is 1. The van der Waals surface area contributed by atoms with Crippen LogP contribution in [0.4, 0.5) is 0 Å². The number of thiazole rings is 1. The standard InChI is InChI=1S/C13H18N4S/c1-2-10-6-16(9-12(10)14-3-1)7-11-8-17-4-5-18-13(17)15-11/h4-5,8,10,12,14H,1-3,6-7,9H2. The van der Waals surface area contributed by atoms with E-state index in [9.17, 15) is 0 Å². The van der Waals surface area contributed by atoms with Crippen LogP contribution in [0, 0.1) is 5.92 Å². The van der Waals surface area contributed by atoms with Crippen LogP contribution in [0.3, 0.4) is 0 Å². The van der Waals surface area contributed by atoms with Gasteiger partial charge in [-0.25, -0.2) is 4.98 Å². The van der Waals surface area contributed by atoms with Gasteiger partial charge in [-0.15, -0.1) is 11.3 Å². The van der Waals surface area contributed by atoms with Crippen LogP contribution in [-0.4, -0.2) is 40.0 Å². The monoisotopic (exact) mass is 262 g/mol. The molecule has 2 aliphatic heterocycles. The van der Waals surface area contributed by atoms with Crippen LogP contribution in [0.2, 0.25) is 0 Å². The maximum absolute atomic E-state index is 4.67. The maximum Gasteiger partial charge on any atom is 0.193 e. The Bertz CT molecular complexity index is 503. The van der Waals surface area contributed by atoms with E-state index < -0.39 is 0 Å². The molecule has 0 radical (unpaired) electrons. The van der Waals surface area contributed by atoms with Crippen molar-refractivity contribution in [2.24, 2.45) is 5.92 Å². The molecule has 0 saturated carbocycles. The van der Waals surface area contributed by atoms with Gasteiger partial charge in [0.05, 0.1) is 5.69 Å². The van der Waals surface area contributed by atoms with Crippen LogP contribution in [0.25, 0.3) is 4.96 Å². The summed E-state index contributed by atoms with van der Waals surface area (Å²) in [6.45, 7) is 4.64. The van der Waals surface area contributed by atoms with E-state index in [4.69, 9.17) is 0 Å². The Hall–Kier alpha value is -0.910. The molecule has 2 fully saturated rings. The molecular weight excluding hydrogens is 244 g/mol. The molecule has 0 aliphatic carbocycles. The molecule has 4 nitrogen and oxygen atoms in total. The van der Waals surface area contributed by atoms with Gasteiger partial charge in [-0.3, -0.25) is 9.30 Å². The summed E-state index contributed by atoms with van der Waals surface area (Å²) in [7, 11) is 0. The lowest BCUT2D eigenvalue weighted by Crippen LogP contribution is -2.40. The van der Waals surface area contributed by atoms with Gasteiger partial charge in [-0.2, -0.15) is 0 Å². The van der Waals surface area contributed by atoms with Crippen molar-refractivity contribution >= 4 is 16.3 Å². The number of imidazole rings is 1. The fraction of sp³-hybridized carbons (Fsp3) is 0.615. The molecular formula is C13H18N4S. The average Bonchev–Trinajstić information content (AvgIpc) is 3.01. The minimum Gasteiger partial charge on any atom is -0.312 e. The molecule has 18 heavy (non-hydrogen) atoms. The summed E-state index contributed by atoms with van der Waals surface area (Å²) in [5, 5.41) is 5.74. The highest BCUT2D eigenvalue weighted by molar-refractivity contribution is 7.15. The lowest BCUT2D eigenvalue weighted by atomic mass is 9.94. The van der Waals surface area contributed by atoms with Gasteiger partial charge in [0.1, 0.15) is 0 Å². The molecule has 1 N–H and O–H groups in total. The Morgan fingerprint density at radius 1 is 1.44 bits per heavy atom. The van der Waals surface area contributed by atoms with E-state index >= 15 is 0 Å². The van der Waals surface area contributed by atoms with Gasteiger partial charge in [0.15, 0.2) is 4.96 Å². The minimum atomic E-state index is 0.725. The number of nitrogens with zero attached hydrogens (tertiary/aromatic N) is 3. The summed E-state index contributed by atoms with van der Waals surface area (Å²) in [5.41, 5.74) is 1.21. The quantitative estimate of drug-likeness (QED) is 0.892. The highest BCUT2D eigenvalue weighted by atomic mass is 32.1. The van der Waals surface area contributed by atoms with Gasteiger partial charge >= 0.3 is 0 Å². The second kappa shape index (κ2) is 4.33. The van der Waals surface area contributed by atoms with E-state index in [0.717, 1.165) is 23.5 Å². The van der Waals surface area contributed by atoms with Crippen molar-refractivity contribution in [1.82, 2.24) is 19.6 Å². The number of hydrogen-bond donors (Lipinski definition) is 1. The third kappa shape index (κ3) is 1.86. The molecule has 5 heteroatoms. The predicted molar refractivity (Wildman–Crippen MR) is 72.9 cm³/mol. The molecule has 2 aliphatic rings. The van der Waals surface area contributed by atoms with E-state index in [2.05, 4.69) is 37.4 Å². The molecule has 96 valence electrons. The van der Waals surface area contributed by atoms with Crippen molar-refractivity contribution in [2.45, 2.75) is 25.4 Å². The van der Waals surface area contributed by atoms with E-state index in [1.807, 2.05) is 0 Å². The van der Waals surface area contributed by atoms with Crippen molar-refractivity contribution in [1.29, 1.82) is 0 Å². The van der Waals surface area contributed by atoms with Crippen LogP contribution in [0.15, 0.2) is 17.8 Å². The zero-order chi connectivity index (χ0) is 11.9. The number of hydrogen-bond acceptors (Lipinski definition) is 4. The van der Waals surface area contributed by atoms with Gasteiger partial charge in [-0.05, 0) is 25.3 Å². The molecule has 2 aromatic heterocycles. The van der Waals surface area contributed by atoms with Crippen LogP contribution in [0.5, 0.6) is 0 Å². The summed E-state index contributed by atoms with van der Waals surface area (Å²) in [5.74, 6) is 0.863. The molecule has 4 heterocycles. The third-order valence-electron chi connectivity index (χ3n) is 4.20. The Labute approximate surface area is 111 Å². The first kappa shape index (κ1) is 11.0. The van der Waals surface area contributed by atoms with E-state index in [-0.39, 0.29) is 0 Å². The first-order chi connectivity index (χ1) is 8.88. The highest BCUT2D eigenvalue weighted by Crippen LogP contribution is 2.26. The smallest absolute Gasteiger partial charge is 0.193 e. The number of likely N-dealkylation sites (tertiary alicyclic amines) is 1. The second-order valence-electron chi connectivity index (χ2n) is 5.48. The fourth-order valence-electron chi connectivity index (χ4n) is 3.35. The van der Waals surface area contributed by atoms with Crippen LogP contribution in [0.1, 0.15) is 18.5 Å². The summed E-state index contributed by atoms with van der Waals surface area (Å²) in [6, 6.07) is 0.725. The summed E-state index contributed by atoms with van der Waals surface area (Å²) < 4.78 is 2.13. The molecule has 2 saturated heterocycles. The molecule has 0 amide bonds. The van der Waals surface area contributed by atoms with Gasteiger partial charge in [0.2, 0.25) is 0 Å². The van der Waals surface area contributed by atoms with E-state index in [1.165, 1.54) is 38.2 Å². The fourth-order valence-corrected chi connectivity index (χ4v) is 4.07. The number of aromatic nitrogens is 2. The van der Waals surface area contributed by atoms with Crippen molar-refractivity contribution in [3.8, 4) is 0 Å². The summed E-state index contributed by atoms with van der Waals surface area (Å²) in [4.78, 5) is 8.34. The van der Waals surface area contributed by atoms with Gasteiger partial charge in [0, 0.05) is 43.4 Å². The zero-order valence-electron chi connectivity index (χ0n) is 10.4. The van der Waals surface area contributed by atoms with Crippen LogP contribution in [-0.2, 0) is 6.54 Å². The molecule has 0 aromatic carbocycles. The third-order valence-corrected chi connectivity index (χ3v) is 4.97. The largest absolute Gasteiger partial charge is 0.312 e. The van der Waals surface area contributed by atoms with Crippen molar-refractivity contribution in [3.05, 3.63) is 23.5 Å². The number of fused-ring (bicyclic) bond motifs is 2. The highest BCUT2D eigenvalue weighted by Gasteiger charge is 2.34. The minimum absolute atomic E-state index is 0.725. The number of rotatable bonds is 2. The summed E-state index contributed by atoms with van der Waals surface area (Å²) >= 11 is 1.71. The van der Waals surface area contributed by atoms with Crippen molar-refractivity contribution < 1.29 is 0 Å². The van der Waals surface area contributed by atoms with E-state index in [1.54, 1.807) is 11.3 Å². The Morgan fingerprint density at radius 3 is 3.33 bits per heavy atom. The SMILES string of the molecule is c1cn2cc(CN3CC4CCCNC4C3)nc2s1. The Balaban J connectivity index is 1.47. The van der Waals surface area contributed by atoms with Crippen molar-refractivity contribution in [3.63, 3.8) is 0 Å². The predicted octanol–water partition coefficient (Wildman–Crippen LogP) is 1.58. The van der Waals surface area contributed by atoms with E-state index in [0.29, 0.717) is 0 Å². The van der Waals surface area contributed by atoms with Gasteiger partial charge < -0.3 is 5.32 Å². The van der Waals surface area contributed by atoms with Gasteiger partial charge in [0.25, 0.3) is 0 Å². The molecule has 2 aromatic rings. The second-order valence-corrected chi connectivity index (χ2v) is 6.36.